The normalized spacial score (nSPS) is 14.6. The molecule has 1 aliphatic heterocycles. The summed E-state index contributed by atoms with van der Waals surface area (Å²) in [6, 6.07) is 8.33. The second-order valence-electron chi connectivity index (χ2n) is 7.71. The molecular weight excluding hydrogens is 381 g/mol. The molecule has 160 valence electrons. The predicted molar refractivity (Wildman–Crippen MR) is 123 cm³/mol. The van der Waals surface area contributed by atoms with Crippen LogP contribution in [0.15, 0.2) is 41.3 Å². The van der Waals surface area contributed by atoms with Crippen LogP contribution >= 0.6 is 0 Å². The summed E-state index contributed by atoms with van der Waals surface area (Å²) in [5.74, 6) is 5.59. The number of nitrogens with two attached hydrogens (primary N) is 1. The number of nitrogens with zero attached hydrogens (tertiary/aromatic N) is 3. The highest BCUT2D eigenvalue weighted by Crippen LogP contribution is 2.35. The van der Waals surface area contributed by atoms with Crippen LogP contribution in [0.25, 0.3) is 16.6 Å². The van der Waals surface area contributed by atoms with E-state index in [1.54, 1.807) is 25.3 Å². The number of halogens is 1. The van der Waals surface area contributed by atoms with E-state index in [9.17, 15) is 9.18 Å². The van der Waals surface area contributed by atoms with Gasteiger partial charge in [-0.05, 0) is 56.8 Å². The molecule has 0 unspecified atom stereocenters. The zero-order valence-corrected chi connectivity index (χ0v) is 17.0. The van der Waals surface area contributed by atoms with Gasteiger partial charge >= 0.3 is 0 Å². The van der Waals surface area contributed by atoms with E-state index in [2.05, 4.69) is 28.3 Å². The fourth-order valence-corrected chi connectivity index (χ4v) is 4.06. The van der Waals surface area contributed by atoms with Crippen molar-refractivity contribution in [3.63, 3.8) is 0 Å². The van der Waals surface area contributed by atoms with Crippen molar-refractivity contribution in [1.82, 2.24) is 9.47 Å². The maximum atomic E-state index is 13.5. The Morgan fingerprint density at radius 2 is 1.70 bits per heavy atom. The predicted octanol–water partition coefficient (Wildman–Crippen LogP) is 3.42. The second kappa shape index (κ2) is 8.45. The summed E-state index contributed by atoms with van der Waals surface area (Å²) in [5, 5.41) is 0.548. The Kier molecular flexibility index (Phi) is 6.14. The SMILES string of the molecule is C.Cc1c(N2CCN(C)CC2)cc2c(c1NN)c(=O)c(C)cn2-c1ccc(F)cc1. The molecule has 0 spiro atoms. The molecule has 0 amide bonds. The van der Waals surface area contributed by atoms with Crippen molar-refractivity contribution in [3.8, 4) is 5.69 Å². The Balaban J connectivity index is 0.00000256. The average Bonchev–Trinajstić information content (AvgIpc) is 2.72. The lowest BCUT2D eigenvalue weighted by Crippen LogP contribution is -2.44. The quantitative estimate of drug-likeness (QED) is 0.511. The highest BCUT2D eigenvalue weighted by atomic mass is 19.1. The standard InChI is InChI=1S/C22H26FN5O.CH4/c1-14-13-28(17-6-4-16(23)5-7-17)19-12-18(27-10-8-26(3)9-11-27)15(2)21(25-24)20(19)22(14)29;/h4-7,12-13,25H,8-11,24H2,1-3H3;1H4. The van der Waals surface area contributed by atoms with E-state index in [0.29, 0.717) is 16.6 Å². The van der Waals surface area contributed by atoms with Gasteiger partial charge in [-0.25, -0.2) is 4.39 Å². The van der Waals surface area contributed by atoms with E-state index in [1.807, 2.05) is 11.5 Å². The molecule has 30 heavy (non-hydrogen) atoms. The molecular formula is C23H30FN5O. The molecule has 4 rings (SSSR count). The van der Waals surface area contributed by atoms with Crippen molar-refractivity contribution < 1.29 is 4.39 Å². The van der Waals surface area contributed by atoms with Gasteiger partial charge in [0, 0.05) is 49.3 Å². The molecule has 0 bridgehead atoms. The summed E-state index contributed by atoms with van der Waals surface area (Å²) in [4.78, 5) is 17.7. The third-order valence-corrected chi connectivity index (χ3v) is 5.80. The minimum Gasteiger partial charge on any atom is -0.369 e. The summed E-state index contributed by atoms with van der Waals surface area (Å²) in [6.45, 7) is 7.53. The molecule has 2 heterocycles. The zero-order valence-electron chi connectivity index (χ0n) is 17.0. The monoisotopic (exact) mass is 411 g/mol. The molecule has 1 saturated heterocycles. The lowest BCUT2D eigenvalue weighted by Gasteiger charge is -2.35. The van der Waals surface area contributed by atoms with Crippen LogP contribution in [-0.4, -0.2) is 42.7 Å². The van der Waals surface area contributed by atoms with Gasteiger partial charge in [0.15, 0.2) is 5.43 Å². The molecule has 7 heteroatoms. The first-order valence-corrected chi connectivity index (χ1v) is 9.76. The lowest BCUT2D eigenvalue weighted by atomic mass is 10.0. The van der Waals surface area contributed by atoms with E-state index >= 15 is 0 Å². The smallest absolute Gasteiger partial charge is 0.194 e. The van der Waals surface area contributed by atoms with Crippen LogP contribution in [-0.2, 0) is 0 Å². The number of hydrogen-bond acceptors (Lipinski definition) is 5. The molecule has 0 saturated carbocycles. The van der Waals surface area contributed by atoms with Gasteiger partial charge in [-0.3, -0.25) is 10.6 Å². The van der Waals surface area contributed by atoms with Crippen LogP contribution in [0.5, 0.6) is 0 Å². The molecule has 6 nitrogen and oxygen atoms in total. The van der Waals surface area contributed by atoms with Crippen LogP contribution < -0.4 is 21.6 Å². The van der Waals surface area contributed by atoms with Crippen LogP contribution in [0, 0.1) is 19.7 Å². The Morgan fingerprint density at radius 3 is 2.30 bits per heavy atom. The molecule has 0 radical (unpaired) electrons. The van der Waals surface area contributed by atoms with E-state index in [1.165, 1.54) is 12.1 Å². The Labute approximate surface area is 176 Å². The highest BCUT2D eigenvalue weighted by Gasteiger charge is 2.22. The number of benzene rings is 2. The minimum absolute atomic E-state index is 0. The number of nitrogen functional groups attached to an aromatic ring is 1. The summed E-state index contributed by atoms with van der Waals surface area (Å²) in [7, 11) is 2.12. The number of rotatable bonds is 3. The molecule has 1 aromatic heterocycles. The number of piperazine rings is 1. The summed E-state index contributed by atoms with van der Waals surface area (Å²) < 4.78 is 15.4. The van der Waals surface area contributed by atoms with Crippen LogP contribution in [0.1, 0.15) is 18.6 Å². The van der Waals surface area contributed by atoms with Gasteiger partial charge < -0.3 is 19.8 Å². The van der Waals surface area contributed by atoms with Gasteiger partial charge in [-0.2, -0.15) is 0 Å². The third kappa shape index (κ3) is 3.66. The first-order valence-electron chi connectivity index (χ1n) is 9.76. The molecule has 1 aliphatic rings. The number of likely N-dealkylation sites (N-methyl/N-ethyl adjacent to an activating group) is 1. The van der Waals surface area contributed by atoms with Crippen LogP contribution in [0.2, 0.25) is 0 Å². The summed E-state index contributed by atoms with van der Waals surface area (Å²) in [5.41, 5.74) is 7.50. The number of aromatic nitrogens is 1. The number of hydrogen-bond donors (Lipinski definition) is 2. The first-order chi connectivity index (χ1) is 13.9. The molecule has 3 N–H and O–H groups in total. The maximum Gasteiger partial charge on any atom is 0.194 e. The van der Waals surface area contributed by atoms with Crippen LogP contribution in [0.4, 0.5) is 15.8 Å². The molecule has 1 fully saturated rings. The van der Waals surface area contributed by atoms with E-state index in [4.69, 9.17) is 5.84 Å². The van der Waals surface area contributed by atoms with Crippen molar-refractivity contribution in [1.29, 1.82) is 0 Å². The van der Waals surface area contributed by atoms with E-state index < -0.39 is 0 Å². The number of fused-ring (bicyclic) bond motifs is 1. The fourth-order valence-electron chi connectivity index (χ4n) is 4.06. The van der Waals surface area contributed by atoms with E-state index in [0.717, 1.165) is 48.6 Å². The third-order valence-electron chi connectivity index (χ3n) is 5.80. The number of aryl methyl sites for hydroxylation is 1. The molecule has 0 atom stereocenters. The van der Waals surface area contributed by atoms with Crippen molar-refractivity contribution in [2.75, 3.05) is 43.6 Å². The van der Waals surface area contributed by atoms with Gasteiger partial charge in [0.1, 0.15) is 5.82 Å². The molecule has 2 aromatic carbocycles. The second-order valence-corrected chi connectivity index (χ2v) is 7.71. The van der Waals surface area contributed by atoms with Gasteiger partial charge in [0.2, 0.25) is 0 Å². The van der Waals surface area contributed by atoms with Gasteiger partial charge in [-0.1, -0.05) is 7.43 Å². The van der Waals surface area contributed by atoms with Gasteiger partial charge in [0.05, 0.1) is 16.6 Å². The zero-order chi connectivity index (χ0) is 20.7. The number of hydrazine groups is 1. The largest absolute Gasteiger partial charge is 0.369 e. The average molecular weight is 412 g/mol. The lowest BCUT2D eigenvalue weighted by molar-refractivity contribution is 0.313. The van der Waals surface area contributed by atoms with Gasteiger partial charge in [-0.15, -0.1) is 0 Å². The Morgan fingerprint density at radius 1 is 1.07 bits per heavy atom. The van der Waals surface area contributed by atoms with Crippen molar-refractivity contribution in [3.05, 3.63) is 63.7 Å². The number of anilines is 2. The molecule has 3 aromatic rings. The number of nitrogens with one attached hydrogen (secondary N) is 1. The highest BCUT2D eigenvalue weighted by molar-refractivity contribution is 5.98. The first kappa shape index (κ1) is 21.8. The maximum absolute atomic E-state index is 13.5. The summed E-state index contributed by atoms with van der Waals surface area (Å²) in [6.07, 6.45) is 1.81. The Bertz CT molecular complexity index is 1120. The van der Waals surface area contributed by atoms with Crippen molar-refractivity contribution in [2.45, 2.75) is 21.3 Å². The van der Waals surface area contributed by atoms with E-state index in [-0.39, 0.29) is 18.7 Å². The van der Waals surface area contributed by atoms with Crippen molar-refractivity contribution >= 4 is 22.3 Å². The molecule has 0 aliphatic carbocycles. The van der Waals surface area contributed by atoms with Crippen molar-refractivity contribution in [2.24, 2.45) is 5.84 Å². The van der Waals surface area contributed by atoms with Crippen LogP contribution in [0.3, 0.4) is 0 Å². The number of pyridine rings is 1. The van der Waals surface area contributed by atoms with Gasteiger partial charge in [0.25, 0.3) is 0 Å². The fraction of sp³-hybridized carbons (Fsp3) is 0.348. The summed E-state index contributed by atoms with van der Waals surface area (Å²) >= 11 is 0. The Hall–Kier alpha value is -2.90. The topological polar surface area (TPSA) is 66.5 Å². The minimum atomic E-state index is -0.297.